The number of hydrogen-bond donors (Lipinski definition) is 0. The summed E-state index contributed by atoms with van der Waals surface area (Å²) in [5, 5.41) is 1.26. The van der Waals surface area contributed by atoms with E-state index in [1.165, 1.54) is 10.1 Å². The van der Waals surface area contributed by atoms with Crippen LogP contribution in [0.4, 0.5) is 0 Å². The zero-order valence-corrected chi connectivity index (χ0v) is 9.87. The third-order valence-corrected chi connectivity index (χ3v) is 3.45. The Labute approximate surface area is 104 Å². The number of aromatic nitrogens is 1. The lowest BCUT2D eigenvalue weighted by Crippen LogP contribution is -1.74. The Morgan fingerprint density at radius 1 is 1.00 bits per heavy atom. The summed E-state index contributed by atoms with van der Waals surface area (Å²) in [6, 6.07) is 14.3. The van der Waals surface area contributed by atoms with E-state index in [-0.39, 0.29) is 0 Å². The Kier molecular flexibility index (Phi) is 2.61. The van der Waals surface area contributed by atoms with Gasteiger partial charge in [-0.3, -0.25) is 4.98 Å². The van der Waals surface area contributed by atoms with Gasteiger partial charge in [-0.1, -0.05) is 30.0 Å². The molecule has 0 fully saturated rings. The molecule has 0 spiro atoms. The van der Waals surface area contributed by atoms with Gasteiger partial charge in [0.25, 0.3) is 0 Å². The maximum absolute atomic E-state index is 4.04. The minimum Gasteiger partial charge on any atom is -0.263 e. The number of thiophene rings is 1. The van der Waals surface area contributed by atoms with Crippen LogP contribution in [0, 0.1) is 11.8 Å². The van der Waals surface area contributed by atoms with Crippen LogP contribution in [0.2, 0.25) is 0 Å². The van der Waals surface area contributed by atoms with Crippen LogP contribution in [0.3, 0.4) is 0 Å². The lowest BCUT2D eigenvalue weighted by atomic mass is 10.2. The van der Waals surface area contributed by atoms with Gasteiger partial charge in [0.1, 0.15) is 0 Å². The van der Waals surface area contributed by atoms with Crippen LogP contribution in [-0.2, 0) is 0 Å². The van der Waals surface area contributed by atoms with E-state index in [4.69, 9.17) is 0 Å². The molecule has 3 aromatic rings. The highest BCUT2D eigenvalue weighted by atomic mass is 32.1. The van der Waals surface area contributed by atoms with E-state index in [2.05, 4.69) is 41.1 Å². The number of pyridine rings is 1. The molecule has 0 amide bonds. The first-order valence-electron chi connectivity index (χ1n) is 5.32. The molecule has 0 saturated heterocycles. The van der Waals surface area contributed by atoms with Crippen molar-refractivity contribution >= 4 is 21.4 Å². The van der Waals surface area contributed by atoms with Gasteiger partial charge >= 0.3 is 0 Å². The first-order chi connectivity index (χ1) is 8.42. The Morgan fingerprint density at radius 2 is 1.94 bits per heavy atom. The second-order valence-corrected chi connectivity index (χ2v) is 4.72. The highest BCUT2D eigenvalue weighted by molar-refractivity contribution is 7.19. The zero-order valence-electron chi connectivity index (χ0n) is 9.05. The van der Waals surface area contributed by atoms with Gasteiger partial charge in [0.15, 0.2) is 0 Å². The molecule has 1 aromatic carbocycles. The summed E-state index contributed by atoms with van der Waals surface area (Å²) in [5.41, 5.74) is 0.949. The Hall–Kier alpha value is -2.11. The van der Waals surface area contributed by atoms with E-state index >= 15 is 0 Å². The quantitative estimate of drug-likeness (QED) is 0.541. The van der Waals surface area contributed by atoms with Gasteiger partial charge in [-0.15, -0.1) is 11.3 Å². The fourth-order valence-electron chi connectivity index (χ4n) is 1.61. The Balaban J connectivity index is 1.98. The van der Waals surface area contributed by atoms with Crippen molar-refractivity contribution in [2.24, 2.45) is 0 Å². The molecular formula is C15H9NS. The van der Waals surface area contributed by atoms with Gasteiger partial charge in [0.05, 0.1) is 4.88 Å². The summed E-state index contributed by atoms with van der Waals surface area (Å²) in [4.78, 5) is 5.13. The molecule has 1 nitrogen and oxygen atoms in total. The molecule has 0 aliphatic rings. The monoisotopic (exact) mass is 235 g/mol. The molecule has 0 atom stereocenters. The maximum Gasteiger partial charge on any atom is 0.0784 e. The molecule has 0 bridgehead atoms. The molecule has 2 heteroatoms. The van der Waals surface area contributed by atoms with Crippen LogP contribution in [0.1, 0.15) is 10.4 Å². The predicted molar refractivity (Wildman–Crippen MR) is 72.0 cm³/mol. The summed E-state index contributed by atoms with van der Waals surface area (Å²) < 4.78 is 1.28. The number of benzene rings is 1. The zero-order chi connectivity index (χ0) is 11.5. The third-order valence-electron chi connectivity index (χ3n) is 2.42. The number of nitrogens with zero attached hydrogens (tertiary/aromatic N) is 1. The van der Waals surface area contributed by atoms with E-state index in [1.54, 1.807) is 23.7 Å². The Bertz CT molecular complexity index is 669. The van der Waals surface area contributed by atoms with Crippen LogP contribution in [0.5, 0.6) is 0 Å². The lowest BCUT2D eigenvalue weighted by molar-refractivity contribution is 1.31. The normalized spacial score (nSPS) is 9.88. The van der Waals surface area contributed by atoms with Gasteiger partial charge in [0, 0.05) is 22.7 Å². The number of rotatable bonds is 0. The van der Waals surface area contributed by atoms with Gasteiger partial charge in [0.2, 0.25) is 0 Å². The summed E-state index contributed by atoms with van der Waals surface area (Å²) in [5.74, 6) is 6.30. The highest BCUT2D eigenvalue weighted by Gasteiger charge is 1.97. The van der Waals surface area contributed by atoms with Crippen molar-refractivity contribution < 1.29 is 0 Å². The smallest absolute Gasteiger partial charge is 0.0784 e. The number of fused-ring (bicyclic) bond motifs is 1. The lowest BCUT2D eigenvalue weighted by Gasteiger charge is -1.84. The fraction of sp³-hybridized carbons (Fsp3) is 0. The Morgan fingerprint density at radius 3 is 2.76 bits per heavy atom. The molecule has 0 saturated carbocycles. The van der Waals surface area contributed by atoms with Crippen molar-refractivity contribution in [1.29, 1.82) is 0 Å². The molecule has 2 aromatic heterocycles. The molecule has 0 aliphatic heterocycles. The first-order valence-corrected chi connectivity index (χ1v) is 6.14. The molecule has 2 heterocycles. The number of hydrogen-bond acceptors (Lipinski definition) is 2. The van der Waals surface area contributed by atoms with Gasteiger partial charge in [-0.2, -0.15) is 0 Å². The van der Waals surface area contributed by atoms with Crippen LogP contribution in [-0.4, -0.2) is 4.98 Å². The maximum atomic E-state index is 4.04. The van der Waals surface area contributed by atoms with Crippen LogP contribution in [0.15, 0.2) is 54.9 Å². The van der Waals surface area contributed by atoms with Gasteiger partial charge in [-0.05, 0) is 29.7 Å². The van der Waals surface area contributed by atoms with E-state index in [0.717, 1.165) is 10.4 Å². The van der Waals surface area contributed by atoms with Crippen molar-refractivity contribution in [2.75, 3.05) is 0 Å². The summed E-state index contributed by atoms with van der Waals surface area (Å²) >= 11 is 1.72. The molecule has 17 heavy (non-hydrogen) atoms. The van der Waals surface area contributed by atoms with E-state index in [0.29, 0.717) is 0 Å². The van der Waals surface area contributed by atoms with Crippen molar-refractivity contribution in [1.82, 2.24) is 4.98 Å². The van der Waals surface area contributed by atoms with E-state index in [9.17, 15) is 0 Å². The molecule has 3 rings (SSSR count). The van der Waals surface area contributed by atoms with Crippen LogP contribution < -0.4 is 0 Å². The fourth-order valence-corrected chi connectivity index (χ4v) is 2.53. The topological polar surface area (TPSA) is 12.9 Å². The standard InChI is InChI=1S/C15H9NS/c1-2-6-15-13(5-1)10-14(17-15)8-7-12-4-3-9-16-11-12/h1-6,9-11H. The summed E-state index contributed by atoms with van der Waals surface area (Å²) in [6.07, 6.45) is 3.53. The third kappa shape index (κ3) is 2.20. The molecule has 0 aliphatic carbocycles. The second-order valence-electron chi connectivity index (χ2n) is 3.64. The predicted octanol–water partition coefficient (Wildman–Crippen LogP) is 3.70. The average Bonchev–Trinajstić information content (AvgIpc) is 2.80. The van der Waals surface area contributed by atoms with Gasteiger partial charge < -0.3 is 0 Å². The molecule has 0 N–H and O–H groups in total. The SMILES string of the molecule is C(#Cc1cc2ccccc2s1)c1cccnc1. The minimum absolute atomic E-state index is 0.949. The largest absolute Gasteiger partial charge is 0.263 e. The minimum atomic E-state index is 0.949. The van der Waals surface area contributed by atoms with Crippen molar-refractivity contribution in [3.8, 4) is 11.8 Å². The average molecular weight is 235 g/mol. The highest BCUT2D eigenvalue weighted by Crippen LogP contribution is 2.24. The van der Waals surface area contributed by atoms with Crippen LogP contribution in [0.25, 0.3) is 10.1 Å². The summed E-state index contributed by atoms with van der Waals surface area (Å²) in [7, 11) is 0. The second kappa shape index (κ2) is 4.40. The molecule has 0 radical (unpaired) electrons. The molecule has 0 unspecified atom stereocenters. The van der Waals surface area contributed by atoms with Crippen molar-refractivity contribution in [3.63, 3.8) is 0 Å². The molecular weight excluding hydrogens is 226 g/mol. The van der Waals surface area contributed by atoms with E-state index in [1.807, 2.05) is 18.2 Å². The molecule has 80 valence electrons. The van der Waals surface area contributed by atoms with Crippen LogP contribution >= 0.6 is 11.3 Å². The first kappa shape index (κ1) is 10.1. The summed E-state index contributed by atoms with van der Waals surface area (Å²) in [6.45, 7) is 0. The van der Waals surface area contributed by atoms with Crippen molar-refractivity contribution in [2.45, 2.75) is 0 Å². The van der Waals surface area contributed by atoms with E-state index < -0.39 is 0 Å². The van der Waals surface area contributed by atoms with Crippen molar-refractivity contribution in [3.05, 3.63) is 65.3 Å². The van der Waals surface area contributed by atoms with Gasteiger partial charge in [-0.25, -0.2) is 0 Å².